The number of carbonyl (C=O) groups excluding carboxylic acids is 1. The molecule has 4 rings (SSSR count). The van der Waals surface area contributed by atoms with Gasteiger partial charge in [-0.3, -0.25) is 4.79 Å². The molecule has 1 amide bonds. The Bertz CT molecular complexity index is 1340. The van der Waals surface area contributed by atoms with Crippen LogP contribution in [0.15, 0.2) is 48.5 Å². The largest absolute Gasteiger partial charge is 0.439 e. The van der Waals surface area contributed by atoms with Crippen molar-refractivity contribution in [3.63, 3.8) is 0 Å². The van der Waals surface area contributed by atoms with E-state index in [1.807, 2.05) is 59.7 Å². The van der Waals surface area contributed by atoms with E-state index < -0.39 is 0 Å². The van der Waals surface area contributed by atoms with Gasteiger partial charge in [0.15, 0.2) is 5.82 Å². The smallest absolute Gasteiger partial charge is 0.255 e. The lowest BCUT2D eigenvalue weighted by atomic mass is 10.1. The van der Waals surface area contributed by atoms with Gasteiger partial charge in [0, 0.05) is 23.0 Å². The van der Waals surface area contributed by atoms with Crippen LogP contribution >= 0.6 is 0 Å². The van der Waals surface area contributed by atoms with Crippen molar-refractivity contribution in [2.75, 3.05) is 5.32 Å². The van der Waals surface area contributed by atoms with Gasteiger partial charge in [-0.05, 0) is 83.0 Å². The number of ether oxygens (including phenoxy) is 1. The number of anilines is 1. The summed E-state index contributed by atoms with van der Waals surface area (Å²) in [7, 11) is 0. The fourth-order valence-corrected chi connectivity index (χ4v) is 3.54. The molecule has 0 bridgehead atoms. The summed E-state index contributed by atoms with van der Waals surface area (Å²) < 4.78 is 7.78. The minimum Gasteiger partial charge on any atom is -0.439 e. The third-order valence-corrected chi connectivity index (χ3v) is 5.64. The summed E-state index contributed by atoms with van der Waals surface area (Å²) >= 11 is 0. The lowest BCUT2D eigenvalue weighted by molar-refractivity contribution is 0.102. The van der Waals surface area contributed by atoms with Crippen molar-refractivity contribution in [3.8, 4) is 17.4 Å². The van der Waals surface area contributed by atoms with E-state index in [9.17, 15) is 4.79 Å². The second kappa shape index (κ2) is 8.86. The Hall–Kier alpha value is -4.00. The Balaban J connectivity index is 1.51. The molecule has 1 N–H and O–H groups in total. The van der Waals surface area contributed by atoms with E-state index in [-0.39, 0.29) is 5.91 Å². The number of carbonyl (C=O) groups is 1. The molecule has 0 spiro atoms. The van der Waals surface area contributed by atoms with E-state index in [1.54, 1.807) is 35.0 Å². The fraction of sp³-hybridized carbons (Fsp3) is 0.231. The summed E-state index contributed by atoms with van der Waals surface area (Å²) in [5, 5.41) is 7.51. The van der Waals surface area contributed by atoms with Crippen molar-refractivity contribution in [1.82, 2.24) is 19.7 Å². The number of rotatable bonds is 5. The van der Waals surface area contributed by atoms with Gasteiger partial charge in [0.05, 0.1) is 5.69 Å². The summed E-state index contributed by atoms with van der Waals surface area (Å²) in [5.74, 6) is 2.14. The van der Waals surface area contributed by atoms with Crippen molar-refractivity contribution in [1.29, 1.82) is 0 Å². The molecule has 0 aliphatic heterocycles. The van der Waals surface area contributed by atoms with Crippen LogP contribution in [0, 0.1) is 41.5 Å². The lowest BCUT2D eigenvalue weighted by Crippen LogP contribution is -2.13. The van der Waals surface area contributed by atoms with Crippen molar-refractivity contribution >= 4 is 11.6 Å². The molecule has 2 aromatic carbocycles. The van der Waals surface area contributed by atoms with Gasteiger partial charge >= 0.3 is 0 Å². The molecule has 33 heavy (non-hydrogen) atoms. The number of aromatic nitrogens is 4. The van der Waals surface area contributed by atoms with Gasteiger partial charge in [0.1, 0.15) is 11.6 Å². The monoisotopic (exact) mass is 441 g/mol. The molecule has 7 nitrogen and oxygen atoms in total. The van der Waals surface area contributed by atoms with Crippen molar-refractivity contribution in [2.24, 2.45) is 0 Å². The van der Waals surface area contributed by atoms with E-state index in [0.717, 1.165) is 28.1 Å². The molecule has 0 aliphatic rings. The first-order chi connectivity index (χ1) is 15.7. The van der Waals surface area contributed by atoms with Gasteiger partial charge in [-0.2, -0.15) is 10.1 Å². The van der Waals surface area contributed by atoms with Crippen LogP contribution in [0.1, 0.15) is 44.3 Å². The zero-order valence-corrected chi connectivity index (χ0v) is 19.7. The molecule has 168 valence electrons. The molecule has 0 fully saturated rings. The predicted molar refractivity (Wildman–Crippen MR) is 128 cm³/mol. The molecule has 0 radical (unpaired) electrons. The average molecular weight is 442 g/mol. The maximum atomic E-state index is 12.7. The van der Waals surface area contributed by atoms with Crippen molar-refractivity contribution in [3.05, 3.63) is 88.0 Å². The summed E-state index contributed by atoms with van der Waals surface area (Å²) in [4.78, 5) is 21.6. The van der Waals surface area contributed by atoms with Gasteiger partial charge in [-0.1, -0.05) is 17.7 Å². The predicted octanol–water partition coefficient (Wildman–Crippen LogP) is 5.56. The van der Waals surface area contributed by atoms with Crippen LogP contribution in [0.5, 0.6) is 11.6 Å². The summed E-state index contributed by atoms with van der Waals surface area (Å²) in [5.41, 5.74) is 6.46. The lowest BCUT2D eigenvalue weighted by Gasteiger charge is -2.11. The number of benzene rings is 2. The van der Waals surface area contributed by atoms with Crippen LogP contribution in [0.3, 0.4) is 0 Å². The highest BCUT2D eigenvalue weighted by molar-refractivity contribution is 6.05. The zero-order chi connectivity index (χ0) is 23.7. The molecule has 2 aromatic heterocycles. The Labute approximate surface area is 193 Å². The number of nitrogens with zero attached hydrogens (tertiary/aromatic N) is 4. The Morgan fingerprint density at radius 3 is 2.30 bits per heavy atom. The molecule has 0 unspecified atom stereocenters. The van der Waals surface area contributed by atoms with Gasteiger partial charge in [-0.25, -0.2) is 9.67 Å². The van der Waals surface area contributed by atoms with Crippen LogP contribution in [-0.4, -0.2) is 25.7 Å². The zero-order valence-electron chi connectivity index (χ0n) is 19.7. The van der Waals surface area contributed by atoms with Gasteiger partial charge in [0.25, 0.3) is 5.91 Å². The Morgan fingerprint density at radius 2 is 1.64 bits per heavy atom. The summed E-state index contributed by atoms with van der Waals surface area (Å²) in [6, 6.07) is 14.8. The second-order valence-electron chi connectivity index (χ2n) is 8.22. The Morgan fingerprint density at radius 1 is 0.909 bits per heavy atom. The number of nitrogens with one attached hydrogen (secondary N) is 1. The Kier molecular flexibility index (Phi) is 5.96. The van der Waals surface area contributed by atoms with Crippen LogP contribution in [0.2, 0.25) is 0 Å². The van der Waals surface area contributed by atoms with Crippen LogP contribution in [0.25, 0.3) is 5.82 Å². The molecule has 0 atom stereocenters. The first-order valence-corrected chi connectivity index (χ1v) is 10.8. The highest BCUT2D eigenvalue weighted by atomic mass is 16.5. The third-order valence-electron chi connectivity index (χ3n) is 5.64. The first kappa shape index (κ1) is 22.2. The van der Waals surface area contributed by atoms with E-state index in [1.165, 1.54) is 0 Å². The summed E-state index contributed by atoms with van der Waals surface area (Å²) in [6.45, 7) is 11.7. The SMILES string of the molecule is Cc1ccc(C)c(C(=O)Nc2ccc(Oc3cc(-n4nc(C)c(C)c4C)nc(C)n3)cc2)c1. The van der Waals surface area contributed by atoms with E-state index in [2.05, 4.69) is 20.4 Å². The minimum absolute atomic E-state index is 0.138. The molecule has 4 aromatic rings. The maximum absolute atomic E-state index is 12.7. The maximum Gasteiger partial charge on any atom is 0.255 e. The number of hydrogen-bond acceptors (Lipinski definition) is 5. The standard InChI is InChI=1S/C26H27N5O2/c1-15-7-8-16(2)23(13-15)26(32)29-21-9-11-22(12-10-21)33-25-14-24(27-20(6)28-25)31-19(5)17(3)18(4)30-31/h7-14H,1-6H3,(H,29,32). The van der Waals surface area contributed by atoms with Crippen molar-refractivity contribution in [2.45, 2.75) is 41.5 Å². The highest BCUT2D eigenvalue weighted by Crippen LogP contribution is 2.25. The average Bonchev–Trinajstić information content (AvgIpc) is 3.03. The van der Waals surface area contributed by atoms with Crippen LogP contribution in [-0.2, 0) is 0 Å². The van der Waals surface area contributed by atoms with Gasteiger partial charge in [-0.15, -0.1) is 0 Å². The minimum atomic E-state index is -0.138. The van der Waals surface area contributed by atoms with Gasteiger partial charge in [0.2, 0.25) is 5.88 Å². The van der Waals surface area contributed by atoms with Crippen molar-refractivity contribution < 1.29 is 9.53 Å². The number of aryl methyl sites for hydroxylation is 4. The number of amides is 1. The van der Waals surface area contributed by atoms with E-state index in [0.29, 0.717) is 34.5 Å². The molecule has 2 heterocycles. The van der Waals surface area contributed by atoms with Crippen LogP contribution < -0.4 is 10.1 Å². The first-order valence-electron chi connectivity index (χ1n) is 10.8. The molecular weight excluding hydrogens is 414 g/mol. The summed E-state index contributed by atoms with van der Waals surface area (Å²) in [6.07, 6.45) is 0. The molecule has 0 aliphatic carbocycles. The molecular formula is C26H27N5O2. The normalized spacial score (nSPS) is 10.8. The quantitative estimate of drug-likeness (QED) is 0.439. The van der Waals surface area contributed by atoms with E-state index in [4.69, 9.17) is 4.74 Å². The topological polar surface area (TPSA) is 81.9 Å². The third kappa shape index (κ3) is 4.77. The van der Waals surface area contributed by atoms with E-state index >= 15 is 0 Å². The highest BCUT2D eigenvalue weighted by Gasteiger charge is 2.13. The van der Waals surface area contributed by atoms with Gasteiger partial charge < -0.3 is 10.1 Å². The number of hydrogen-bond donors (Lipinski definition) is 1. The van der Waals surface area contributed by atoms with Crippen LogP contribution in [0.4, 0.5) is 5.69 Å². The fourth-order valence-electron chi connectivity index (χ4n) is 3.54. The molecule has 7 heteroatoms. The molecule has 0 saturated heterocycles. The molecule has 0 saturated carbocycles. The second-order valence-corrected chi connectivity index (χ2v) is 8.22.